The van der Waals surface area contributed by atoms with Gasteiger partial charge in [0.15, 0.2) is 0 Å². The number of ether oxygens (including phenoxy) is 1. The molecule has 3 heterocycles. The molecule has 0 unspecified atom stereocenters. The van der Waals surface area contributed by atoms with E-state index in [1.807, 2.05) is 62.4 Å². The molecule has 2 aromatic carbocycles. The van der Waals surface area contributed by atoms with Crippen LogP contribution in [0.2, 0.25) is 0 Å². The topological polar surface area (TPSA) is 119 Å². The third kappa shape index (κ3) is 5.14. The molecule has 2 N–H and O–H groups in total. The molecule has 0 aliphatic carbocycles. The van der Waals surface area contributed by atoms with Crippen LogP contribution < -0.4 is 16.2 Å². The minimum absolute atomic E-state index is 0.0738. The molecule has 1 amide bonds. The molecular formula is C30H30N6O3. The van der Waals surface area contributed by atoms with Crippen LogP contribution in [0.15, 0.2) is 83.3 Å². The molecule has 9 heteroatoms. The van der Waals surface area contributed by atoms with E-state index >= 15 is 0 Å². The van der Waals surface area contributed by atoms with E-state index in [-0.39, 0.29) is 34.9 Å². The number of hydrogen-bond donors (Lipinski definition) is 1. The second kappa shape index (κ2) is 10.9. The number of piperidine rings is 1. The van der Waals surface area contributed by atoms with Gasteiger partial charge in [0.25, 0.3) is 5.91 Å². The number of amides is 1. The van der Waals surface area contributed by atoms with Crippen molar-refractivity contribution in [2.75, 3.05) is 18.8 Å². The van der Waals surface area contributed by atoms with E-state index in [4.69, 9.17) is 10.5 Å². The first kappa shape index (κ1) is 25.8. The number of para-hydroxylation sites is 1. The molecule has 1 aliphatic heterocycles. The Morgan fingerprint density at radius 2 is 1.85 bits per heavy atom. The van der Waals surface area contributed by atoms with Crippen molar-refractivity contribution in [2.24, 2.45) is 5.92 Å². The molecule has 0 spiro atoms. The number of aromatic nitrogens is 3. The van der Waals surface area contributed by atoms with Crippen molar-refractivity contribution in [2.45, 2.75) is 32.7 Å². The lowest BCUT2D eigenvalue weighted by atomic mass is 10.0. The maximum atomic E-state index is 14.0. The number of nitrogen functional groups attached to an aromatic ring is 1. The molecule has 1 fully saturated rings. The quantitative estimate of drug-likeness (QED) is 0.286. The Hall–Kier alpha value is -4.84. The minimum atomic E-state index is -0.303. The Balaban J connectivity index is 1.51. The lowest BCUT2D eigenvalue weighted by Crippen LogP contribution is -2.43. The lowest BCUT2D eigenvalue weighted by molar-refractivity contribution is -0.128. The van der Waals surface area contributed by atoms with E-state index in [0.29, 0.717) is 54.2 Å². The van der Waals surface area contributed by atoms with E-state index in [9.17, 15) is 14.9 Å². The average Bonchev–Trinajstić information content (AvgIpc) is 3.25. The number of hydrogen-bond acceptors (Lipinski definition) is 6. The summed E-state index contributed by atoms with van der Waals surface area (Å²) in [6, 6.07) is 20.2. The zero-order valence-corrected chi connectivity index (χ0v) is 21.9. The van der Waals surface area contributed by atoms with Gasteiger partial charge in [0, 0.05) is 19.3 Å². The van der Waals surface area contributed by atoms with Crippen molar-refractivity contribution in [3.05, 3.63) is 89.0 Å². The average molecular weight is 523 g/mol. The van der Waals surface area contributed by atoms with Gasteiger partial charge in [-0.1, -0.05) is 38.1 Å². The number of nitrogens with two attached hydrogens (primary N) is 1. The monoisotopic (exact) mass is 522 g/mol. The van der Waals surface area contributed by atoms with Gasteiger partial charge in [-0.2, -0.15) is 5.26 Å². The number of nitrogens with zero attached hydrogens (tertiary/aromatic N) is 5. The predicted octanol–water partition coefficient (Wildman–Crippen LogP) is 4.83. The molecule has 5 rings (SSSR count). The van der Waals surface area contributed by atoms with Gasteiger partial charge >= 0.3 is 5.69 Å². The first-order valence-electron chi connectivity index (χ1n) is 13.0. The number of allylic oxidation sites excluding steroid dienone is 1. The number of nitriles is 1. The molecule has 2 aromatic heterocycles. The van der Waals surface area contributed by atoms with Crippen molar-refractivity contribution >= 4 is 22.8 Å². The summed E-state index contributed by atoms with van der Waals surface area (Å²) in [5.41, 5.74) is 7.95. The van der Waals surface area contributed by atoms with Crippen LogP contribution in [0.3, 0.4) is 0 Å². The third-order valence-corrected chi connectivity index (χ3v) is 6.79. The molecule has 0 saturated carbocycles. The van der Waals surface area contributed by atoms with Crippen LogP contribution >= 0.6 is 0 Å². The van der Waals surface area contributed by atoms with Crippen LogP contribution in [0.4, 0.5) is 5.82 Å². The summed E-state index contributed by atoms with van der Waals surface area (Å²) in [6.45, 7) is 4.71. The zero-order chi connectivity index (χ0) is 27.5. The minimum Gasteiger partial charge on any atom is -0.457 e. The maximum absolute atomic E-state index is 14.0. The number of fused-ring (bicyclic) bond motifs is 1. The molecule has 0 radical (unpaired) electrons. The van der Waals surface area contributed by atoms with E-state index in [1.165, 1.54) is 0 Å². The highest BCUT2D eigenvalue weighted by atomic mass is 16.5. The van der Waals surface area contributed by atoms with Crippen molar-refractivity contribution in [3.63, 3.8) is 0 Å². The number of pyridine rings is 1. The van der Waals surface area contributed by atoms with Crippen LogP contribution in [0.5, 0.6) is 11.5 Å². The van der Waals surface area contributed by atoms with Crippen molar-refractivity contribution < 1.29 is 9.53 Å². The Morgan fingerprint density at radius 3 is 2.54 bits per heavy atom. The van der Waals surface area contributed by atoms with E-state index in [2.05, 4.69) is 4.98 Å². The van der Waals surface area contributed by atoms with Gasteiger partial charge < -0.3 is 15.4 Å². The molecule has 1 saturated heterocycles. The zero-order valence-electron chi connectivity index (χ0n) is 21.9. The molecule has 39 heavy (non-hydrogen) atoms. The van der Waals surface area contributed by atoms with Gasteiger partial charge in [-0.05, 0) is 61.2 Å². The van der Waals surface area contributed by atoms with Gasteiger partial charge in [-0.15, -0.1) is 0 Å². The van der Waals surface area contributed by atoms with Crippen LogP contribution in [-0.2, 0) is 4.79 Å². The summed E-state index contributed by atoms with van der Waals surface area (Å²) in [5.74, 6) is 1.36. The summed E-state index contributed by atoms with van der Waals surface area (Å²) in [6.07, 6.45) is 4.69. The highest BCUT2D eigenvalue weighted by molar-refractivity contribution is 5.97. The van der Waals surface area contributed by atoms with Gasteiger partial charge in [0.05, 0.1) is 17.2 Å². The fourth-order valence-electron chi connectivity index (χ4n) is 5.08. The molecule has 0 bridgehead atoms. The predicted molar refractivity (Wildman–Crippen MR) is 150 cm³/mol. The molecule has 1 atom stereocenters. The number of carbonyl (C=O) groups excluding carboxylic acids is 1. The number of likely N-dealkylation sites (tertiary alicyclic amines) is 1. The van der Waals surface area contributed by atoms with E-state index < -0.39 is 0 Å². The highest BCUT2D eigenvalue weighted by Gasteiger charge is 2.30. The number of benzene rings is 2. The summed E-state index contributed by atoms with van der Waals surface area (Å²) in [7, 11) is 0. The third-order valence-electron chi connectivity index (χ3n) is 6.79. The summed E-state index contributed by atoms with van der Waals surface area (Å²) < 4.78 is 9.17. The molecular weight excluding hydrogens is 492 g/mol. The van der Waals surface area contributed by atoms with Gasteiger partial charge in [0.1, 0.15) is 34.5 Å². The summed E-state index contributed by atoms with van der Waals surface area (Å²) in [4.78, 5) is 33.0. The van der Waals surface area contributed by atoms with E-state index in [1.54, 1.807) is 44.5 Å². The van der Waals surface area contributed by atoms with E-state index in [0.717, 1.165) is 0 Å². The summed E-state index contributed by atoms with van der Waals surface area (Å²) in [5, 5.41) is 9.55. The lowest BCUT2D eigenvalue weighted by Gasteiger charge is -2.33. The SMILES string of the molecule is CC(C)C=C(C#N)C(=O)N1CCC[C@@H](n2c(=O)n(-c3ccc(Oc4ccccc4)cc3)c3c(N)nccc32)C1. The second-order valence-electron chi connectivity index (χ2n) is 9.94. The van der Waals surface area contributed by atoms with Crippen molar-refractivity contribution in [3.8, 4) is 23.3 Å². The van der Waals surface area contributed by atoms with Gasteiger partial charge in [-0.3, -0.25) is 13.9 Å². The van der Waals surface area contributed by atoms with Crippen molar-refractivity contribution in [1.82, 2.24) is 19.0 Å². The molecule has 4 aromatic rings. The van der Waals surface area contributed by atoms with Crippen LogP contribution in [0.1, 0.15) is 32.7 Å². The largest absolute Gasteiger partial charge is 0.457 e. The fourth-order valence-corrected chi connectivity index (χ4v) is 5.08. The summed E-state index contributed by atoms with van der Waals surface area (Å²) >= 11 is 0. The number of anilines is 1. The normalized spacial score (nSPS) is 15.9. The first-order valence-corrected chi connectivity index (χ1v) is 13.0. The molecule has 9 nitrogen and oxygen atoms in total. The number of carbonyl (C=O) groups is 1. The molecule has 1 aliphatic rings. The van der Waals surface area contributed by atoms with Gasteiger partial charge in [0.2, 0.25) is 0 Å². The van der Waals surface area contributed by atoms with Crippen LogP contribution in [0, 0.1) is 17.2 Å². The highest BCUT2D eigenvalue weighted by Crippen LogP contribution is 2.30. The van der Waals surface area contributed by atoms with Crippen molar-refractivity contribution in [1.29, 1.82) is 5.26 Å². The Kier molecular flexibility index (Phi) is 7.19. The number of imidazole rings is 1. The molecule has 198 valence electrons. The van der Waals surface area contributed by atoms with Crippen LogP contribution in [-0.4, -0.2) is 38.0 Å². The van der Waals surface area contributed by atoms with Crippen LogP contribution in [0.25, 0.3) is 16.7 Å². The smallest absolute Gasteiger partial charge is 0.334 e. The Bertz CT molecular complexity index is 1630. The fraction of sp³-hybridized carbons (Fsp3) is 0.267. The number of rotatable bonds is 6. The first-order chi connectivity index (χ1) is 18.9. The van der Waals surface area contributed by atoms with Gasteiger partial charge in [-0.25, -0.2) is 9.78 Å². The Labute approximate surface area is 226 Å². The standard InChI is InChI=1S/C30H30N6O3/c1-20(2)17-21(18-31)29(37)34-16-6-7-23(19-34)35-26-14-15-33-28(32)27(26)36(30(35)38)22-10-12-25(13-11-22)39-24-8-4-3-5-9-24/h3-5,8-15,17,20,23H,6-7,16,19H2,1-2H3,(H2,32,33)/t23-/m1/s1. The maximum Gasteiger partial charge on any atom is 0.334 e. The Morgan fingerprint density at radius 1 is 1.13 bits per heavy atom. The second-order valence-corrected chi connectivity index (χ2v) is 9.94.